The molecule has 2 heterocycles. The summed E-state index contributed by atoms with van der Waals surface area (Å²) < 4.78 is 31.7. The van der Waals surface area contributed by atoms with Crippen molar-refractivity contribution in [2.24, 2.45) is 5.92 Å². The first-order valence-electron chi connectivity index (χ1n) is 7.19. The second-order valence-corrected chi connectivity index (χ2v) is 7.38. The van der Waals surface area contributed by atoms with Crippen LogP contribution in [0.25, 0.3) is 0 Å². The fourth-order valence-corrected chi connectivity index (χ4v) is 3.66. The zero-order chi connectivity index (χ0) is 15.5. The number of ether oxygens (including phenoxy) is 1. The van der Waals surface area contributed by atoms with Crippen LogP contribution >= 0.6 is 0 Å². The van der Waals surface area contributed by atoms with Crippen molar-refractivity contribution in [1.82, 2.24) is 8.87 Å². The third kappa shape index (κ3) is 4.07. The van der Waals surface area contributed by atoms with E-state index in [0.29, 0.717) is 31.9 Å². The zero-order valence-corrected chi connectivity index (χ0v) is 13.3. The quantitative estimate of drug-likeness (QED) is 0.769. The lowest BCUT2D eigenvalue weighted by atomic mass is 9.99. The number of hydrogen-bond donors (Lipinski definition) is 0. The number of sulfonamides is 1. The number of hydrogen-bond acceptors (Lipinski definition) is 4. The summed E-state index contributed by atoms with van der Waals surface area (Å²) in [4.78, 5) is 11.8. The number of rotatable bonds is 5. The van der Waals surface area contributed by atoms with Crippen LogP contribution in [-0.4, -0.2) is 49.2 Å². The van der Waals surface area contributed by atoms with Crippen LogP contribution < -0.4 is 0 Å². The second kappa shape index (κ2) is 6.62. The average molecular weight is 314 g/mol. The molecular weight excluding hydrogens is 292 g/mol. The molecule has 2 rings (SSSR count). The van der Waals surface area contributed by atoms with E-state index < -0.39 is 10.0 Å². The number of carbonyl (C=O) groups excluding carboxylic acids is 1. The van der Waals surface area contributed by atoms with Gasteiger partial charge >= 0.3 is 5.97 Å². The molecule has 0 amide bonds. The van der Waals surface area contributed by atoms with Gasteiger partial charge in [0.25, 0.3) is 0 Å². The molecule has 0 spiro atoms. The van der Waals surface area contributed by atoms with E-state index in [1.165, 1.54) is 10.6 Å². The molecule has 1 fully saturated rings. The molecule has 0 N–H and O–H groups in total. The molecular formula is C14H22N2O4S. The first-order valence-corrected chi connectivity index (χ1v) is 9.04. The predicted octanol–water partition coefficient (Wildman–Crippen LogP) is 1.34. The minimum atomic E-state index is -3.14. The maximum atomic E-state index is 11.8. The van der Waals surface area contributed by atoms with Gasteiger partial charge in [0.1, 0.15) is 5.69 Å². The van der Waals surface area contributed by atoms with E-state index in [9.17, 15) is 13.2 Å². The fraction of sp³-hybridized carbons (Fsp3) is 0.643. The van der Waals surface area contributed by atoms with E-state index in [1.54, 1.807) is 13.0 Å². The van der Waals surface area contributed by atoms with Gasteiger partial charge in [-0.3, -0.25) is 0 Å². The van der Waals surface area contributed by atoms with Crippen molar-refractivity contribution >= 4 is 16.0 Å². The summed E-state index contributed by atoms with van der Waals surface area (Å²) in [7, 11) is -3.14. The van der Waals surface area contributed by atoms with E-state index in [0.717, 1.165) is 12.8 Å². The van der Waals surface area contributed by atoms with Crippen LogP contribution in [0.4, 0.5) is 0 Å². The molecule has 1 unspecified atom stereocenters. The van der Waals surface area contributed by atoms with Crippen LogP contribution in [0.1, 0.15) is 30.3 Å². The summed E-state index contributed by atoms with van der Waals surface area (Å²) in [5.74, 6) is -0.118. The minimum Gasteiger partial charge on any atom is -0.461 e. The molecule has 0 radical (unpaired) electrons. The third-order valence-corrected chi connectivity index (χ3v) is 4.99. The van der Waals surface area contributed by atoms with Crippen molar-refractivity contribution in [2.75, 3.05) is 26.0 Å². The van der Waals surface area contributed by atoms with Crippen molar-refractivity contribution in [3.05, 3.63) is 24.0 Å². The molecule has 1 aliphatic heterocycles. The van der Waals surface area contributed by atoms with Crippen LogP contribution in [0.2, 0.25) is 0 Å². The van der Waals surface area contributed by atoms with Crippen molar-refractivity contribution in [3.63, 3.8) is 0 Å². The molecule has 6 nitrogen and oxygen atoms in total. The first kappa shape index (κ1) is 16.0. The van der Waals surface area contributed by atoms with Crippen molar-refractivity contribution in [3.8, 4) is 0 Å². The maximum Gasteiger partial charge on any atom is 0.354 e. The number of nitrogens with zero attached hydrogens (tertiary/aromatic N) is 2. The van der Waals surface area contributed by atoms with Crippen LogP contribution in [0.5, 0.6) is 0 Å². The van der Waals surface area contributed by atoms with Gasteiger partial charge in [-0.15, -0.1) is 0 Å². The van der Waals surface area contributed by atoms with E-state index in [-0.39, 0.29) is 11.9 Å². The van der Waals surface area contributed by atoms with Crippen LogP contribution in [0, 0.1) is 5.92 Å². The first-order chi connectivity index (χ1) is 9.91. The molecule has 1 aliphatic rings. The van der Waals surface area contributed by atoms with E-state index in [2.05, 4.69) is 0 Å². The lowest BCUT2D eigenvalue weighted by Gasteiger charge is -2.31. The Morgan fingerprint density at radius 2 is 2.24 bits per heavy atom. The lowest BCUT2D eigenvalue weighted by Crippen LogP contribution is -2.40. The number of piperidine rings is 1. The zero-order valence-electron chi connectivity index (χ0n) is 12.5. The number of aromatic nitrogens is 1. The molecule has 1 aromatic rings. The maximum absolute atomic E-state index is 11.8. The van der Waals surface area contributed by atoms with Gasteiger partial charge < -0.3 is 9.30 Å². The Kier molecular flexibility index (Phi) is 5.05. The van der Waals surface area contributed by atoms with Crippen molar-refractivity contribution < 1.29 is 17.9 Å². The number of carbonyl (C=O) groups is 1. The van der Waals surface area contributed by atoms with Crippen LogP contribution in [0.15, 0.2) is 18.3 Å². The Balaban J connectivity index is 2.05. The van der Waals surface area contributed by atoms with Gasteiger partial charge in [0, 0.05) is 25.8 Å². The summed E-state index contributed by atoms with van der Waals surface area (Å²) in [5.41, 5.74) is 0.522. The molecule has 0 bridgehead atoms. The fourth-order valence-electron chi connectivity index (χ4n) is 2.72. The molecule has 1 saturated heterocycles. The highest BCUT2D eigenvalue weighted by molar-refractivity contribution is 7.88. The molecule has 0 aromatic carbocycles. The van der Waals surface area contributed by atoms with Gasteiger partial charge in [0.15, 0.2) is 0 Å². The van der Waals surface area contributed by atoms with Gasteiger partial charge in [-0.25, -0.2) is 17.5 Å². The highest BCUT2D eigenvalue weighted by atomic mass is 32.2. The van der Waals surface area contributed by atoms with Crippen molar-refractivity contribution in [1.29, 1.82) is 0 Å². The largest absolute Gasteiger partial charge is 0.461 e. The van der Waals surface area contributed by atoms with Gasteiger partial charge in [-0.05, 0) is 37.8 Å². The SMILES string of the molecule is CCOC(=O)c1cccn1CC1CCCN(S(C)(=O)=O)C1. The average Bonchev–Trinajstić information content (AvgIpc) is 2.86. The summed E-state index contributed by atoms with van der Waals surface area (Å²) in [6.45, 7) is 3.85. The van der Waals surface area contributed by atoms with Crippen molar-refractivity contribution in [2.45, 2.75) is 26.3 Å². The standard InChI is InChI=1S/C14H22N2O4S/c1-3-20-14(17)13-7-5-8-15(13)10-12-6-4-9-16(11-12)21(2,18)19/h5,7-8,12H,3-4,6,9-11H2,1-2H3. The highest BCUT2D eigenvalue weighted by Gasteiger charge is 2.26. The summed E-state index contributed by atoms with van der Waals surface area (Å²) in [6.07, 6.45) is 4.90. The van der Waals surface area contributed by atoms with Gasteiger partial charge in [-0.1, -0.05) is 0 Å². The second-order valence-electron chi connectivity index (χ2n) is 5.40. The van der Waals surface area contributed by atoms with Gasteiger partial charge in [0.05, 0.1) is 12.9 Å². The normalized spacial score (nSPS) is 20.4. The lowest BCUT2D eigenvalue weighted by molar-refractivity contribution is 0.0511. The highest BCUT2D eigenvalue weighted by Crippen LogP contribution is 2.21. The predicted molar refractivity (Wildman–Crippen MR) is 79.5 cm³/mol. The smallest absolute Gasteiger partial charge is 0.354 e. The third-order valence-electron chi connectivity index (χ3n) is 3.72. The molecule has 21 heavy (non-hydrogen) atoms. The Morgan fingerprint density at radius 3 is 2.90 bits per heavy atom. The molecule has 1 aromatic heterocycles. The van der Waals surface area contributed by atoms with E-state index in [1.807, 2.05) is 16.8 Å². The topological polar surface area (TPSA) is 68.6 Å². The summed E-state index contributed by atoms with van der Waals surface area (Å²) >= 11 is 0. The molecule has 1 atom stereocenters. The van der Waals surface area contributed by atoms with Gasteiger partial charge in [0.2, 0.25) is 10.0 Å². The Labute approximate surface area is 125 Å². The Bertz CT molecular complexity index is 594. The number of esters is 1. The molecule has 0 aliphatic carbocycles. The summed E-state index contributed by atoms with van der Waals surface area (Å²) in [5, 5.41) is 0. The Morgan fingerprint density at radius 1 is 1.48 bits per heavy atom. The van der Waals surface area contributed by atoms with E-state index >= 15 is 0 Å². The minimum absolute atomic E-state index is 0.217. The van der Waals surface area contributed by atoms with Crippen LogP contribution in [0.3, 0.4) is 0 Å². The molecule has 118 valence electrons. The molecule has 0 saturated carbocycles. The summed E-state index contributed by atoms with van der Waals surface area (Å²) in [6, 6.07) is 3.54. The monoisotopic (exact) mass is 314 g/mol. The van der Waals surface area contributed by atoms with E-state index in [4.69, 9.17) is 4.74 Å². The van der Waals surface area contributed by atoms with Gasteiger partial charge in [-0.2, -0.15) is 0 Å². The molecule has 7 heteroatoms. The van der Waals surface area contributed by atoms with Crippen LogP contribution in [-0.2, 0) is 21.3 Å². The Hall–Kier alpha value is -1.34.